The molecular weight excluding hydrogens is 310 g/mol. The van der Waals surface area contributed by atoms with E-state index in [2.05, 4.69) is 0 Å². The van der Waals surface area contributed by atoms with Crippen LogP contribution in [0.25, 0.3) is 0 Å². The Hall–Kier alpha value is -2.60. The van der Waals surface area contributed by atoms with Crippen LogP contribution in [-0.4, -0.2) is 41.7 Å². The van der Waals surface area contributed by atoms with Crippen LogP contribution in [0.2, 0.25) is 0 Å². The van der Waals surface area contributed by atoms with Gasteiger partial charge in [0.25, 0.3) is 0 Å². The Bertz CT molecular complexity index is 748. The summed E-state index contributed by atoms with van der Waals surface area (Å²) < 4.78 is 12.1. The second-order valence-corrected chi connectivity index (χ2v) is 5.45. The number of aryl methyl sites for hydroxylation is 1. The highest BCUT2D eigenvalue weighted by molar-refractivity contribution is 6.00. The van der Waals surface area contributed by atoms with E-state index in [1.807, 2.05) is 18.4 Å². The number of hydrogen-bond acceptors (Lipinski definition) is 5. The summed E-state index contributed by atoms with van der Waals surface area (Å²) in [5.41, 5.74) is 2.32. The molecule has 1 aromatic heterocycles. The number of carbonyl (C=O) groups is 2. The Balaban J connectivity index is 2.05. The van der Waals surface area contributed by atoms with E-state index in [9.17, 15) is 14.7 Å². The summed E-state index contributed by atoms with van der Waals surface area (Å²) in [6, 6.07) is 7.83. The monoisotopic (exact) mass is 331 g/mol. The van der Waals surface area contributed by atoms with E-state index in [0.717, 1.165) is 11.4 Å². The molecule has 0 spiro atoms. The van der Waals surface area contributed by atoms with Crippen molar-refractivity contribution in [2.45, 2.75) is 20.4 Å². The molecule has 0 saturated heterocycles. The molecule has 0 atom stereocenters. The van der Waals surface area contributed by atoms with Gasteiger partial charge in [-0.25, -0.2) is 4.79 Å². The lowest BCUT2D eigenvalue weighted by Crippen LogP contribution is -2.15. The smallest absolute Gasteiger partial charge is 0.342 e. The van der Waals surface area contributed by atoms with E-state index in [0.29, 0.717) is 18.7 Å². The van der Waals surface area contributed by atoms with Gasteiger partial charge in [-0.1, -0.05) is 12.1 Å². The molecule has 0 unspecified atom stereocenters. The first-order chi connectivity index (χ1) is 11.5. The highest BCUT2D eigenvalue weighted by Crippen LogP contribution is 2.18. The van der Waals surface area contributed by atoms with Gasteiger partial charge in [-0.15, -0.1) is 0 Å². The molecule has 2 rings (SSSR count). The summed E-state index contributed by atoms with van der Waals surface area (Å²) >= 11 is 0. The first-order valence-corrected chi connectivity index (χ1v) is 7.59. The Morgan fingerprint density at radius 2 is 1.88 bits per heavy atom. The van der Waals surface area contributed by atoms with Gasteiger partial charge in [0.2, 0.25) is 5.78 Å². The summed E-state index contributed by atoms with van der Waals surface area (Å²) in [4.78, 5) is 24.3. The van der Waals surface area contributed by atoms with Crippen LogP contribution in [0, 0.1) is 13.8 Å². The summed E-state index contributed by atoms with van der Waals surface area (Å²) in [5.74, 6) is -1.18. The molecular formula is C18H21NO5. The van der Waals surface area contributed by atoms with Crippen molar-refractivity contribution in [3.8, 4) is 5.75 Å². The van der Waals surface area contributed by atoms with Crippen molar-refractivity contribution in [2.24, 2.45) is 0 Å². The minimum Gasteiger partial charge on any atom is -0.507 e. The van der Waals surface area contributed by atoms with Gasteiger partial charge in [0, 0.05) is 30.6 Å². The number of aromatic hydroxyl groups is 1. The molecule has 0 aliphatic carbocycles. The second kappa shape index (κ2) is 7.79. The lowest BCUT2D eigenvalue weighted by Gasteiger charge is -2.09. The minimum absolute atomic E-state index is 0.0378. The lowest BCUT2D eigenvalue weighted by atomic mass is 10.1. The van der Waals surface area contributed by atoms with Gasteiger partial charge in [-0.3, -0.25) is 4.79 Å². The fourth-order valence-electron chi connectivity index (χ4n) is 2.54. The second-order valence-electron chi connectivity index (χ2n) is 5.45. The third-order valence-electron chi connectivity index (χ3n) is 3.85. The first-order valence-electron chi connectivity index (χ1n) is 7.59. The van der Waals surface area contributed by atoms with E-state index >= 15 is 0 Å². The molecule has 1 aromatic carbocycles. The number of phenolic OH excluding ortho intramolecular Hbond substituents is 1. The van der Waals surface area contributed by atoms with Gasteiger partial charge in [0.05, 0.1) is 6.61 Å². The Morgan fingerprint density at radius 1 is 1.17 bits per heavy atom. The number of ketones is 1. The molecule has 1 heterocycles. The fourth-order valence-corrected chi connectivity index (χ4v) is 2.54. The molecule has 0 aliphatic heterocycles. The van der Waals surface area contributed by atoms with E-state index in [1.54, 1.807) is 25.3 Å². The minimum atomic E-state index is -0.727. The largest absolute Gasteiger partial charge is 0.507 e. The van der Waals surface area contributed by atoms with Crippen LogP contribution in [0.3, 0.4) is 0 Å². The summed E-state index contributed by atoms with van der Waals surface area (Å²) in [6.45, 7) is 4.58. The zero-order valence-electron chi connectivity index (χ0n) is 14.0. The van der Waals surface area contributed by atoms with Gasteiger partial charge in [0.15, 0.2) is 6.61 Å². The van der Waals surface area contributed by atoms with Crippen LogP contribution in [0.4, 0.5) is 0 Å². The number of Topliss-reactive ketones (excluding diaryl/α,β-unsaturated/α-hetero) is 1. The lowest BCUT2D eigenvalue weighted by molar-refractivity contribution is 0.0471. The van der Waals surface area contributed by atoms with Crippen LogP contribution in [0.1, 0.15) is 32.1 Å². The van der Waals surface area contributed by atoms with Gasteiger partial charge >= 0.3 is 5.97 Å². The van der Waals surface area contributed by atoms with Crippen molar-refractivity contribution in [2.75, 3.05) is 20.3 Å². The van der Waals surface area contributed by atoms with E-state index in [-0.39, 0.29) is 23.7 Å². The van der Waals surface area contributed by atoms with E-state index in [1.165, 1.54) is 12.1 Å². The van der Waals surface area contributed by atoms with Crippen molar-refractivity contribution < 1.29 is 24.2 Å². The van der Waals surface area contributed by atoms with E-state index < -0.39 is 5.97 Å². The fraction of sp³-hybridized carbons (Fsp3) is 0.333. The van der Waals surface area contributed by atoms with Gasteiger partial charge in [0.1, 0.15) is 11.3 Å². The molecule has 6 heteroatoms. The van der Waals surface area contributed by atoms with Crippen molar-refractivity contribution in [3.05, 3.63) is 52.8 Å². The topological polar surface area (TPSA) is 77.8 Å². The van der Waals surface area contributed by atoms with Crippen LogP contribution < -0.4 is 0 Å². The summed E-state index contributed by atoms with van der Waals surface area (Å²) in [6.07, 6.45) is 0. The number of methoxy groups -OCH3 is 1. The van der Waals surface area contributed by atoms with Crippen molar-refractivity contribution in [3.63, 3.8) is 0 Å². The number of nitrogens with zero attached hydrogens (tertiary/aromatic N) is 1. The van der Waals surface area contributed by atoms with Gasteiger partial charge in [-0.05, 0) is 32.0 Å². The first kappa shape index (κ1) is 17.7. The Kier molecular flexibility index (Phi) is 5.76. The summed E-state index contributed by atoms with van der Waals surface area (Å²) in [5, 5.41) is 9.63. The maximum atomic E-state index is 12.3. The number of esters is 1. The molecule has 0 fully saturated rings. The van der Waals surface area contributed by atoms with Crippen molar-refractivity contribution in [1.29, 1.82) is 0 Å². The number of phenols is 1. The summed E-state index contributed by atoms with van der Waals surface area (Å²) in [7, 11) is 1.62. The zero-order chi connectivity index (χ0) is 17.7. The highest BCUT2D eigenvalue weighted by atomic mass is 16.5. The third kappa shape index (κ3) is 3.83. The van der Waals surface area contributed by atoms with Gasteiger partial charge in [-0.2, -0.15) is 0 Å². The Morgan fingerprint density at radius 3 is 2.54 bits per heavy atom. The Labute approximate surface area is 140 Å². The quantitative estimate of drug-likeness (QED) is 0.623. The van der Waals surface area contributed by atoms with Crippen LogP contribution in [0.5, 0.6) is 5.75 Å². The SMILES string of the molecule is COCCn1c(C)cc(C(=O)COC(=O)c2ccccc2O)c1C. The average molecular weight is 331 g/mol. The highest BCUT2D eigenvalue weighted by Gasteiger charge is 2.18. The molecule has 0 bridgehead atoms. The van der Waals surface area contributed by atoms with Crippen LogP contribution in [-0.2, 0) is 16.0 Å². The standard InChI is InChI=1S/C18H21NO5/c1-12-10-15(13(2)19(12)8-9-23-3)17(21)11-24-18(22)14-6-4-5-7-16(14)20/h4-7,10,20H,8-9,11H2,1-3H3. The molecule has 0 aliphatic rings. The van der Waals surface area contributed by atoms with Gasteiger partial charge < -0.3 is 19.1 Å². The molecule has 0 radical (unpaired) electrons. The molecule has 128 valence electrons. The molecule has 0 saturated carbocycles. The maximum Gasteiger partial charge on any atom is 0.342 e. The van der Waals surface area contributed by atoms with Crippen molar-refractivity contribution >= 4 is 11.8 Å². The van der Waals surface area contributed by atoms with Crippen LogP contribution >= 0.6 is 0 Å². The molecule has 2 aromatic rings. The number of carbonyl (C=O) groups excluding carboxylic acids is 2. The molecule has 0 amide bonds. The number of ether oxygens (including phenoxy) is 2. The molecule has 1 N–H and O–H groups in total. The molecule has 6 nitrogen and oxygen atoms in total. The van der Waals surface area contributed by atoms with E-state index in [4.69, 9.17) is 9.47 Å². The van der Waals surface area contributed by atoms with Crippen LogP contribution in [0.15, 0.2) is 30.3 Å². The molecule has 24 heavy (non-hydrogen) atoms. The number of hydrogen-bond donors (Lipinski definition) is 1. The maximum absolute atomic E-state index is 12.3. The van der Waals surface area contributed by atoms with Crippen molar-refractivity contribution in [1.82, 2.24) is 4.57 Å². The zero-order valence-corrected chi connectivity index (χ0v) is 14.0. The third-order valence-corrected chi connectivity index (χ3v) is 3.85. The predicted octanol–water partition coefficient (Wildman–Crippen LogP) is 2.50. The average Bonchev–Trinajstić information content (AvgIpc) is 2.85. The number of aromatic nitrogens is 1. The predicted molar refractivity (Wildman–Crippen MR) is 88.5 cm³/mol. The number of benzene rings is 1. The number of rotatable bonds is 7. The normalized spacial score (nSPS) is 10.6. The number of para-hydroxylation sites is 1.